The number of carbonyl (C=O) groups excluding carboxylic acids is 4. The zero-order chi connectivity index (χ0) is 24.5. The standard InChI is InChI=1S/C18H19N3O4.C4H10.C3H8/c1-12(17(24)19-8-9-22)21-16(23)11-20-18(25)15-7-6-13-4-2-3-5-14(13)10-15;1-4(2)3;1-3-2/h2-7,9-10,12H,8,11H2,1H3,(H,19,24)(H,20,25)(H,21,23);4H,1-3H3;3H2,1-2H3. The first-order chi connectivity index (χ1) is 15.2. The van der Waals surface area contributed by atoms with Crippen molar-refractivity contribution in [3.63, 3.8) is 0 Å². The molecule has 3 N–H and O–H groups in total. The molecule has 0 heterocycles. The van der Waals surface area contributed by atoms with Crippen LogP contribution in [0.4, 0.5) is 0 Å². The molecule has 3 amide bonds. The highest BCUT2D eigenvalue weighted by Crippen LogP contribution is 2.15. The van der Waals surface area contributed by atoms with Gasteiger partial charge in [-0.25, -0.2) is 0 Å². The largest absolute Gasteiger partial charge is 0.348 e. The molecule has 7 heteroatoms. The Balaban J connectivity index is 0.00000121. The third-order valence-corrected chi connectivity index (χ3v) is 3.55. The quantitative estimate of drug-likeness (QED) is 0.570. The third kappa shape index (κ3) is 12.5. The van der Waals surface area contributed by atoms with Gasteiger partial charge in [0.15, 0.2) is 0 Å². The predicted molar refractivity (Wildman–Crippen MR) is 129 cm³/mol. The van der Waals surface area contributed by atoms with Gasteiger partial charge in [0.1, 0.15) is 12.3 Å². The molecule has 0 aliphatic rings. The summed E-state index contributed by atoms with van der Waals surface area (Å²) < 4.78 is 0. The summed E-state index contributed by atoms with van der Waals surface area (Å²) in [5.74, 6) is -0.511. The summed E-state index contributed by atoms with van der Waals surface area (Å²) in [5, 5.41) is 9.24. The number of hydrogen-bond acceptors (Lipinski definition) is 4. The highest BCUT2D eigenvalue weighted by Gasteiger charge is 2.15. The van der Waals surface area contributed by atoms with Gasteiger partial charge in [-0.2, -0.15) is 0 Å². The van der Waals surface area contributed by atoms with Gasteiger partial charge in [0, 0.05) is 5.56 Å². The summed E-state index contributed by atoms with van der Waals surface area (Å²) in [6, 6.07) is 12.1. The van der Waals surface area contributed by atoms with Gasteiger partial charge in [-0.15, -0.1) is 0 Å². The number of hydrogen-bond donors (Lipinski definition) is 3. The van der Waals surface area contributed by atoms with Crippen LogP contribution in [0.15, 0.2) is 42.5 Å². The van der Waals surface area contributed by atoms with Crippen LogP contribution >= 0.6 is 0 Å². The van der Waals surface area contributed by atoms with E-state index in [0.717, 1.165) is 16.7 Å². The van der Waals surface area contributed by atoms with Crippen LogP contribution in [-0.2, 0) is 14.4 Å². The van der Waals surface area contributed by atoms with Gasteiger partial charge in [0.05, 0.1) is 13.1 Å². The van der Waals surface area contributed by atoms with Gasteiger partial charge < -0.3 is 20.7 Å². The predicted octanol–water partition coefficient (Wildman–Crippen LogP) is 3.47. The van der Waals surface area contributed by atoms with Crippen molar-refractivity contribution in [2.24, 2.45) is 5.92 Å². The number of aldehydes is 1. The van der Waals surface area contributed by atoms with E-state index in [9.17, 15) is 19.2 Å². The van der Waals surface area contributed by atoms with E-state index in [2.05, 4.69) is 50.6 Å². The van der Waals surface area contributed by atoms with Crippen molar-refractivity contribution in [3.8, 4) is 0 Å². The van der Waals surface area contributed by atoms with Gasteiger partial charge >= 0.3 is 0 Å². The molecule has 32 heavy (non-hydrogen) atoms. The van der Waals surface area contributed by atoms with Crippen LogP contribution in [0, 0.1) is 5.92 Å². The lowest BCUT2D eigenvalue weighted by Crippen LogP contribution is -2.48. The molecule has 176 valence electrons. The molecule has 2 aromatic carbocycles. The summed E-state index contributed by atoms with van der Waals surface area (Å²) in [7, 11) is 0. The Morgan fingerprint density at radius 1 is 0.906 bits per heavy atom. The third-order valence-electron chi connectivity index (χ3n) is 3.55. The molecule has 2 aromatic rings. The second-order valence-corrected chi connectivity index (χ2v) is 7.88. The summed E-state index contributed by atoms with van der Waals surface area (Å²) in [6.07, 6.45) is 1.80. The average Bonchev–Trinajstić information content (AvgIpc) is 2.75. The fraction of sp³-hybridized carbons (Fsp3) is 0.440. The zero-order valence-corrected chi connectivity index (χ0v) is 20.0. The van der Waals surface area contributed by atoms with E-state index >= 15 is 0 Å². The first-order valence-electron chi connectivity index (χ1n) is 10.9. The molecule has 0 aromatic heterocycles. The maximum atomic E-state index is 12.1. The molecule has 0 bridgehead atoms. The molecule has 0 aliphatic heterocycles. The molecular weight excluding hydrogens is 406 g/mol. The second-order valence-electron chi connectivity index (χ2n) is 7.88. The van der Waals surface area contributed by atoms with Crippen LogP contribution < -0.4 is 16.0 Å². The van der Waals surface area contributed by atoms with E-state index in [0.29, 0.717) is 11.8 Å². The zero-order valence-electron chi connectivity index (χ0n) is 20.0. The number of nitrogens with one attached hydrogen (secondary N) is 3. The van der Waals surface area contributed by atoms with Gasteiger partial charge in [-0.1, -0.05) is 71.4 Å². The molecule has 0 saturated heterocycles. The summed E-state index contributed by atoms with van der Waals surface area (Å²) in [5.41, 5.74) is 0.447. The molecule has 0 aliphatic carbocycles. The van der Waals surface area contributed by atoms with Crippen LogP contribution in [0.3, 0.4) is 0 Å². The van der Waals surface area contributed by atoms with E-state index in [-0.39, 0.29) is 19.0 Å². The fourth-order valence-corrected chi connectivity index (χ4v) is 2.25. The Labute approximate surface area is 191 Å². The van der Waals surface area contributed by atoms with Gasteiger partial charge in [0.25, 0.3) is 5.91 Å². The van der Waals surface area contributed by atoms with Crippen molar-refractivity contribution in [1.82, 2.24) is 16.0 Å². The fourth-order valence-electron chi connectivity index (χ4n) is 2.25. The number of benzene rings is 2. The van der Waals surface area contributed by atoms with Crippen molar-refractivity contribution in [1.29, 1.82) is 0 Å². The lowest BCUT2D eigenvalue weighted by molar-refractivity contribution is -0.128. The van der Waals surface area contributed by atoms with Crippen molar-refractivity contribution < 1.29 is 19.2 Å². The van der Waals surface area contributed by atoms with E-state index in [1.807, 2.05) is 30.3 Å². The van der Waals surface area contributed by atoms with Crippen LogP contribution in [-0.4, -0.2) is 43.1 Å². The maximum absolute atomic E-state index is 12.1. The Kier molecular flexibility index (Phi) is 14.8. The lowest BCUT2D eigenvalue weighted by Gasteiger charge is -2.13. The van der Waals surface area contributed by atoms with Crippen molar-refractivity contribution >= 4 is 34.8 Å². The average molecular weight is 444 g/mol. The van der Waals surface area contributed by atoms with Crippen molar-refractivity contribution in [2.45, 2.75) is 54.0 Å². The van der Waals surface area contributed by atoms with E-state index in [4.69, 9.17) is 0 Å². The molecular formula is C25H37N3O4. The van der Waals surface area contributed by atoms with Crippen LogP contribution in [0.5, 0.6) is 0 Å². The smallest absolute Gasteiger partial charge is 0.251 e. The van der Waals surface area contributed by atoms with E-state index in [1.54, 1.807) is 12.1 Å². The Hall–Kier alpha value is -3.22. The monoisotopic (exact) mass is 443 g/mol. The first-order valence-corrected chi connectivity index (χ1v) is 10.9. The van der Waals surface area contributed by atoms with Gasteiger partial charge in [0.2, 0.25) is 11.8 Å². The van der Waals surface area contributed by atoms with Crippen LogP contribution in [0.25, 0.3) is 10.8 Å². The lowest BCUT2D eigenvalue weighted by atomic mass is 10.1. The summed E-state index contributed by atoms with van der Waals surface area (Å²) >= 11 is 0. The molecule has 0 saturated carbocycles. The minimum atomic E-state index is -0.801. The maximum Gasteiger partial charge on any atom is 0.251 e. The Morgan fingerprint density at radius 2 is 1.47 bits per heavy atom. The number of fused-ring (bicyclic) bond motifs is 1. The van der Waals surface area contributed by atoms with Crippen LogP contribution in [0.2, 0.25) is 0 Å². The summed E-state index contributed by atoms with van der Waals surface area (Å²) in [6.45, 7) is 11.9. The Bertz CT molecular complexity index is 862. The second kappa shape index (κ2) is 16.5. The highest BCUT2D eigenvalue weighted by molar-refractivity contribution is 6.00. The molecule has 0 fully saturated rings. The Morgan fingerprint density at radius 3 is 2.03 bits per heavy atom. The minimum absolute atomic E-state index is 0.113. The van der Waals surface area contributed by atoms with Gasteiger partial charge in [-0.05, 0) is 35.7 Å². The van der Waals surface area contributed by atoms with Crippen LogP contribution in [0.1, 0.15) is 58.3 Å². The number of amides is 3. The molecule has 1 unspecified atom stereocenters. The SMILES string of the molecule is CC(C)C.CC(NC(=O)CNC(=O)c1ccc2ccccc2c1)C(=O)NCC=O.CCC. The normalized spacial score (nSPS) is 10.6. The van der Waals surface area contributed by atoms with E-state index < -0.39 is 17.9 Å². The molecule has 0 spiro atoms. The van der Waals surface area contributed by atoms with Gasteiger partial charge in [-0.3, -0.25) is 14.4 Å². The number of carbonyl (C=O) groups is 4. The first kappa shape index (κ1) is 28.8. The molecule has 1 atom stereocenters. The molecule has 0 radical (unpaired) electrons. The molecule has 7 nitrogen and oxygen atoms in total. The minimum Gasteiger partial charge on any atom is -0.348 e. The topological polar surface area (TPSA) is 104 Å². The van der Waals surface area contributed by atoms with Crippen molar-refractivity contribution in [2.75, 3.05) is 13.1 Å². The van der Waals surface area contributed by atoms with Crippen molar-refractivity contribution in [3.05, 3.63) is 48.0 Å². The number of rotatable bonds is 7. The summed E-state index contributed by atoms with van der Waals surface area (Å²) in [4.78, 5) is 45.7. The highest BCUT2D eigenvalue weighted by atomic mass is 16.2. The molecule has 2 rings (SSSR count). The van der Waals surface area contributed by atoms with E-state index in [1.165, 1.54) is 13.3 Å².